The van der Waals surface area contributed by atoms with E-state index in [0.29, 0.717) is 0 Å². The lowest BCUT2D eigenvalue weighted by Gasteiger charge is -2.12. The van der Waals surface area contributed by atoms with E-state index in [2.05, 4.69) is 18.9 Å². The van der Waals surface area contributed by atoms with E-state index < -0.39 is 0 Å². The molecule has 74 valence electrons. The van der Waals surface area contributed by atoms with Crippen LogP contribution < -0.4 is 5.73 Å². The number of rotatable bonds is 8. The van der Waals surface area contributed by atoms with E-state index in [9.17, 15) is 0 Å². The van der Waals surface area contributed by atoms with Crippen molar-refractivity contribution in [2.75, 3.05) is 26.7 Å². The van der Waals surface area contributed by atoms with Gasteiger partial charge in [-0.2, -0.15) is 0 Å². The lowest BCUT2D eigenvalue weighted by Crippen LogP contribution is -2.18. The van der Waals surface area contributed by atoms with Gasteiger partial charge in [0.05, 0.1) is 0 Å². The summed E-state index contributed by atoms with van der Waals surface area (Å²) in [7, 11) is 2.18. The molecule has 0 amide bonds. The summed E-state index contributed by atoms with van der Waals surface area (Å²) < 4.78 is 0. The van der Waals surface area contributed by atoms with Gasteiger partial charge < -0.3 is 10.6 Å². The van der Waals surface area contributed by atoms with Gasteiger partial charge in [0, 0.05) is 0 Å². The molecule has 0 unspecified atom stereocenters. The normalized spacial score (nSPS) is 11.0. The second-order valence-electron chi connectivity index (χ2n) is 3.45. The van der Waals surface area contributed by atoms with Crippen molar-refractivity contribution in [1.82, 2.24) is 4.90 Å². The molecule has 0 fully saturated rings. The standard InChI is InChI=1S/C10H24N2/c1-3-12(2)10-8-6-4-5-7-9-11/h3-11H2,1-2H3. The van der Waals surface area contributed by atoms with Crippen molar-refractivity contribution in [2.24, 2.45) is 5.73 Å². The Hall–Kier alpha value is -0.0800. The molecule has 0 atom stereocenters. The molecule has 0 aliphatic carbocycles. The molecule has 0 aromatic heterocycles. The van der Waals surface area contributed by atoms with E-state index in [-0.39, 0.29) is 0 Å². The molecule has 0 heterocycles. The first-order valence-corrected chi connectivity index (χ1v) is 5.20. The van der Waals surface area contributed by atoms with Crippen LogP contribution in [0.2, 0.25) is 0 Å². The molecular formula is C10H24N2. The fourth-order valence-corrected chi connectivity index (χ4v) is 1.21. The summed E-state index contributed by atoms with van der Waals surface area (Å²) in [4.78, 5) is 2.36. The Labute approximate surface area is 77.1 Å². The molecule has 12 heavy (non-hydrogen) atoms. The number of unbranched alkanes of at least 4 members (excludes halogenated alkanes) is 4. The Bertz CT molecular complexity index is 83.9. The third kappa shape index (κ3) is 8.02. The molecule has 2 N–H and O–H groups in total. The average molecular weight is 172 g/mol. The van der Waals surface area contributed by atoms with Crippen molar-refractivity contribution >= 4 is 0 Å². The fraction of sp³-hybridized carbons (Fsp3) is 1.00. The second kappa shape index (κ2) is 9.01. The van der Waals surface area contributed by atoms with E-state index in [1.807, 2.05) is 0 Å². The minimum atomic E-state index is 0.856. The summed E-state index contributed by atoms with van der Waals surface area (Å²) >= 11 is 0. The van der Waals surface area contributed by atoms with Crippen LogP contribution in [0.4, 0.5) is 0 Å². The second-order valence-corrected chi connectivity index (χ2v) is 3.45. The van der Waals surface area contributed by atoms with E-state index in [4.69, 9.17) is 5.73 Å². The third-order valence-corrected chi connectivity index (χ3v) is 2.28. The van der Waals surface area contributed by atoms with Crippen LogP contribution in [0.5, 0.6) is 0 Å². The highest BCUT2D eigenvalue weighted by Crippen LogP contribution is 2.02. The predicted octanol–water partition coefficient (Wildman–Crippen LogP) is 1.85. The summed E-state index contributed by atoms with van der Waals surface area (Å²) in [5, 5.41) is 0. The van der Waals surface area contributed by atoms with E-state index in [0.717, 1.165) is 6.54 Å². The zero-order valence-electron chi connectivity index (χ0n) is 8.68. The highest BCUT2D eigenvalue weighted by Gasteiger charge is 1.93. The number of hydrogen-bond acceptors (Lipinski definition) is 2. The average Bonchev–Trinajstić information content (AvgIpc) is 2.10. The third-order valence-electron chi connectivity index (χ3n) is 2.28. The van der Waals surface area contributed by atoms with Crippen LogP contribution in [0, 0.1) is 0 Å². The van der Waals surface area contributed by atoms with Crippen LogP contribution in [-0.4, -0.2) is 31.6 Å². The first-order valence-electron chi connectivity index (χ1n) is 5.20. The van der Waals surface area contributed by atoms with Crippen LogP contribution in [0.15, 0.2) is 0 Å². The zero-order chi connectivity index (χ0) is 9.23. The largest absolute Gasteiger partial charge is 0.330 e. The topological polar surface area (TPSA) is 29.3 Å². The Morgan fingerprint density at radius 3 is 2.17 bits per heavy atom. The molecule has 0 aliphatic heterocycles. The highest BCUT2D eigenvalue weighted by molar-refractivity contribution is 4.49. The lowest BCUT2D eigenvalue weighted by atomic mass is 10.1. The minimum Gasteiger partial charge on any atom is -0.330 e. The molecule has 0 radical (unpaired) electrons. The molecule has 0 aromatic rings. The van der Waals surface area contributed by atoms with Gasteiger partial charge in [-0.15, -0.1) is 0 Å². The monoisotopic (exact) mass is 172 g/mol. The van der Waals surface area contributed by atoms with Crippen molar-refractivity contribution < 1.29 is 0 Å². The van der Waals surface area contributed by atoms with Gasteiger partial charge in [0.2, 0.25) is 0 Å². The quantitative estimate of drug-likeness (QED) is 0.566. The molecule has 2 heteroatoms. The van der Waals surface area contributed by atoms with Crippen molar-refractivity contribution in [3.63, 3.8) is 0 Å². The minimum absolute atomic E-state index is 0.856. The van der Waals surface area contributed by atoms with Gasteiger partial charge in [-0.05, 0) is 39.5 Å². The number of nitrogens with two attached hydrogens (primary N) is 1. The van der Waals surface area contributed by atoms with E-state index in [1.165, 1.54) is 45.2 Å². The summed E-state index contributed by atoms with van der Waals surface area (Å²) in [5.41, 5.74) is 5.40. The molecule has 0 saturated carbocycles. The lowest BCUT2D eigenvalue weighted by molar-refractivity contribution is 0.340. The Morgan fingerprint density at radius 1 is 1.00 bits per heavy atom. The van der Waals surface area contributed by atoms with Crippen molar-refractivity contribution in [2.45, 2.75) is 39.0 Å². The van der Waals surface area contributed by atoms with Crippen LogP contribution in [0.3, 0.4) is 0 Å². The number of hydrogen-bond donors (Lipinski definition) is 1. The molecule has 0 aliphatic rings. The van der Waals surface area contributed by atoms with Gasteiger partial charge >= 0.3 is 0 Å². The maximum absolute atomic E-state index is 5.40. The van der Waals surface area contributed by atoms with Crippen LogP contribution in [0.25, 0.3) is 0 Å². The van der Waals surface area contributed by atoms with Crippen LogP contribution in [0.1, 0.15) is 39.0 Å². The van der Waals surface area contributed by atoms with Crippen molar-refractivity contribution in [1.29, 1.82) is 0 Å². The van der Waals surface area contributed by atoms with Crippen molar-refractivity contribution in [3.05, 3.63) is 0 Å². The molecule has 0 spiro atoms. The van der Waals surface area contributed by atoms with Crippen LogP contribution >= 0.6 is 0 Å². The molecule has 2 nitrogen and oxygen atoms in total. The van der Waals surface area contributed by atoms with Crippen LogP contribution in [-0.2, 0) is 0 Å². The summed E-state index contributed by atoms with van der Waals surface area (Å²) in [6.45, 7) is 5.48. The molecule has 0 rings (SSSR count). The van der Waals surface area contributed by atoms with E-state index in [1.54, 1.807) is 0 Å². The predicted molar refractivity (Wildman–Crippen MR) is 55.3 cm³/mol. The first kappa shape index (κ1) is 11.9. The fourth-order valence-electron chi connectivity index (χ4n) is 1.21. The van der Waals surface area contributed by atoms with Gasteiger partial charge in [-0.1, -0.05) is 26.2 Å². The first-order chi connectivity index (χ1) is 5.81. The number of nitrogens with zero attached hydrogens (tertiary/aromatic N) is 1. The molecule has 0 bridgehead atoms. The summed E-state index contributed by atoms with van der Waals surface area (Å²) in [5.74, 6) is 0. The Balaban J connectivity index is 2.90. The zero-order valence-corrected chi connectivity index (χ0v) is 8.68. The summed E-state index contributed by atoms with van der Waals surface area (Å²) in [6.07, 6.45) is 6.57. The Kier molecular flexibility index (Phi) is 8.95. The smallest absolute Gasteiger partial charge is 0.00219 e. The summed E-state index contributed by atoms with van der Waals surface area (Å²) in [6, 6.07) is 0. The highest BCUT2D eigenvalue weighted by atomic mass is 15.1. The van der Waals surface area contributed by atoms with Crippen molar-refractivity contribution in [3.8, 4) is 0 Å². The van der Waals surface area contributed by atoms with Gasteiger partial charge in [0.15, 0.2) is 0 Å². The van der Waals surface area contributed by atoms with E-state index >= 15 is 0 Å². The molecular weight excluding hydrogens is 148 g/mol. The SMILES string of the molecule is CCN(C)CCCCCCCN. The maximum Gasteiger partial charge on any atom is -0.00219 e. The van der Waals surface area contributed by atoms with Gasteiger partial charge in [-0.25, -0.2) is 0 Å². The molecule has 0 saturated heterocycles. The Morgan fingerprint density at radius 2 is 1.58 bits per heavy atom. The van der Waals surface area contributed by atoms with Gasteiger partial charge in [0.25, 0.3) is 0 Å². The van der Waals surface area contributed by atoms with Gasteiger partial charge in [-0.3, -0.25) is 0 Å². The molecule has 0 aromatic carbocycles. The van der Waals surface area contributed by atoms with Gasteiger partial charge in [0.1, 0.15) is 0 Å². The maximum atomic E-state index is 5.40.